The van der Waals surface area contributed by atoms with Crippen molar-refractivity contribution in [3.63, 3.8) is 0 Å². The zero-order chi connectivity index (χ0) is 10.7. The van der Waals surface area contributed by atoms with E-state index in [0.717, 1.165) is 5.56 Å². The quantitative estimate of drug-likeness (QED) is 0.791. The Morgan fingerprint density at radius 3 is 2.13 bits per heavy atom. The first-order chi connectivity index (χ1) is 6.56. The van der Waals surface area contributed by atoms with Gasteiger partial charge in [-0.15, -0.1) is 12.4 Å². The standard InChI is InChI=1S/C9H12Cl2N2O.ClH/c10-6-3-5(8(13)1-2-12)4-7(11)9(6)14;/h3-4,8,14H,1-2,12-13H2;1H/t8-;/m1./s1. The van der Waals surface area contributed by atoms with Gasteiger partial charge in [0.2, 0.25) is 0 Å². The van der Waals surface area contributed by atoms with Crippen molar-refractivity contribution in [3.05, 3.63) is 27.7 Å². The van der Waals surface area contributed by atoms with Crippen molar-refractivity contribution in [3.8, 4) is 5.75 Å². The molecule has 1 rings (SSSR count). The van der Waals surface area contributed by atoms with Crippen LogP contribution < -0.4 is 11.5 Å². The molecular formula is C9H13Cl3N2O. The van der Waals surface area contributed by atoms with Crippen LogP contribution in [-0.4, -0.2) is 11.7 Å². The Kier molecular flexibility index (Phi) is 6.32. The predicted molar refractivity (Wildman–Crippen MR) is 66.0 cm³/mol. The summed E-state index contributed by atoms with van der Waals surface area (Å²) in [5, 5.41) is 9.73. The Labute approximate surface area is 105 Å². The molecule has 0 amide bonds. The highest BCUT2D eigenvalue weighted by Gasteiger charge is 2.11. The number of phenolic OH excluding ortho intramolecular Hbond substituents is 1. The van der Waals surface area contributed by atoms with E-state index in [-0.39, 0.29) is 34.2 Å². The second kappa shape index (κ2) is 6.40. The number of aromatic hydroxyl groups is 1. The lowest BCUT2D eigenvalue weighted by Crippen LogP contribution is -2.15. The van der Waals surface area contributed by atoms with Crippen LogP contribution in [0, 0.1) is 0 Å². The summed E-state index contributed by atoms with van der Waals surface area (Å²) in [6.45, 7) is 0.497. The summed E-state index contributed by atoms with van der Waals surface area (Å²) < 4.78 is 0. The summed E-state index contributed by atoms with van der Waals surface area (Å²) in [5.74, 6) is -0.114. The molecule has 0 aliphatic carbocycles. The van der Waals surface area contributed by atoms with E-state index in [1.165, 1.54) is 0 Å². The number of hydrogen-bond acceptors (Lipinski definition) is 3. The van der Waals surface area contributed by atoms with Gasteiger partial charge in [-0.1, -0.05) is 23.2 Å². The lowest BCUT2D eigenvalue weighted by Gasteiger charge is -2.12. The Balaban J connectivity index is 0.00000196. The number of nitrogens with two attached hydrogens (primary N) is 2. The highest BCUT2D eigenvalue weighted by atomic mass is 35.5. The molecule has 1 aromatic rings. The topological polar surface area (TPSA) is 72.3 Å². The molecule has 6 heteroatoms. The Morgan fingerprint density at radius 1 is 1.27 bits per heavy atom. The van der Waals surface area contributed by atoms with Crippen LogP contribution >= 0.6 is 35.6 Å². The number of hydrogen-bond donors (Lipinski definition) is 3. The molecule has 0 fully saturated rings. The summed E-state index contributed by atoms with van der Waals surface area (Å²) in [5.41, 5.74) is 12.0. The maximum absolute atomic E-state index is 9.31. The molecule has 5 N–H and O–H groups in total. The Hall–Kier alpha value is -0.190. The van der Waals surface area contributed by atoms with E-state index in [4.69, 9.17) is 34.7 Å². The van der Waals surface area contributed by atoms with Crippen molar-refractivity contribution in [2.75, 3.05) is 6.54 Å². The molecule has 3 nitrogen and oxygen atoms in total. The zero-order valence-electron chi connectivity index (χ0n) is 7.91. The van der Waals surface area contributed by atoms with Gasteiger partial charge in [0.05, 0.1) is 10.0 Å². The summed E-state index contributed by atoms with van der Waals surface area (Å²) in [6, 6.07) is 3.00. The first kappa shape index (κ1) is 14.8. The van der Waals surface area contributed by atoms with Crippen LogP contribution in [0.15, 0.2) is 12.1 Å². The molecule has 0 bridgehead atoms. The Morgan fingerprint density at radius 2 is 1.73 bits per heavy atom. The molecule has 0 heterocycles. The third-order valence-corrected chi connectivity index (χ3v) is 2.52. The SMILES string of the molecule is Cl.NCC[C@@H](N)c1cc(Cl)c(O)c(Cl)c1. The van der Waals surface area contributed by atoms with E-state index < -0.39 is 0 Å². The van der Waals surface area contributed by atoms with Gasteiger partial charge in [0.15, 0.2) is 5.75 Å². The molecule has 0 unspecified atom stereocenters. The van der Waals surface area contributed by atoms with Gasteiger partial charge in [0.25, 0.3) is 0 Å². The molecule has 0 aliphatic rings. The predicted octanol–water partition coefficient (Wildman–Crippen LogP) is 2.47. The molecule has 0 saturated carbocycles. The lowest BCUT2D eigenvalue weighted by molar-refractivity contribution is 0.475. The van der Waals surface area contributed by atoms with Crippen LogP contribution in [-0.2, 0) is 0 Å². The molecule has 0 spiro atoms. The lowest BCUT2D eigenvalue weighted by atomic mass is 10.0. The second-order valence-corrected chi connectivity index (χ2v) is 3.83. The summed E-state index contributed by atoms with van der Waals surface area (Å²) in [7, 11) is 0. The highest BCUT2D eigenvalue weighted by Crippen LogP contribution is 2.34. The molecule has 0 radical (unpaired) electrons. The van der Waals surface area contributed by atoms with Crippen molar-refractivity contribution < 1.29 is 5.11 Å². The maximum Gasteiger partial charge on any atom is 0.152 e. The first-order valence-electron chi connectivity index (χ1n) is 4.19. The van der Waals surface area contributed by atoms with E-state index in [9.17, 15) is 5.11 Å². The third-order valence-electron chi connectivity index (χ3n) is 1.95. The molecule has 0 saturated heterocycles. The minimum atomic E-state index is -0.199. The van der Waals surface area contributed by atoms with E-state index in [1.54, 1.807) is 12.1 Å². The fraction of sp³-hybridized carbons (Fsp3) is 0.333. The molecule has 1 atom stereocenters. The largest absolute Gasteiger partial charge is 0.505 e. The molecule has 15 heavy (non-hydrogen) atoms. The van der Waals surface area contributed by atoms with Gasteiger partial charge in [-0.05, 0) is 30.7 Å². The van der Waals surface area contributed by atoms with Crippen molar-refractivity contribution in [2.24, 2.45) is 11.5 Å². The van der Waals surface area contributed by atoms with Gasteiger partial charge >= 0.3 is 0 Å². The average molecular weight is 272 g/mol. The molecule has 0 aliphatic heterocycles. The number of halogens is 3. The first-order valence-corrected chi connectivity index (χ1v) is 4.95. The normalized spacial score (nSPS) is 12.0. The summed E-state index contributed by atoms with van der Waals surface area (Å²) in [4.78, 5) is 0. The van der Waals surface area contributed by atoms with Crippen LogP contribution in [0.5, 0.6) is 5.75 Å². The number of rotatable bonds is 3. The minimum Gasteiger partial charge on any atom is -0.505 e. The van der Waals surface area contributed by atoms with Crippen LogP contribution in [0.25, 0.3) is 0 Å². The molecular weight excluding hydrogens is 258 g/mol. The molecule has 1 aromatic carbocycles. The fourth-order valence-electron chi connectivity index (χ4n) is 1.15. The maximum atomic E-state index is 9.31. The average Bonchev–Trinajstić information content (AvgIpc) is 2.13. The van der Waals surface area contributed by atoms with Crippen LogP contribution in [0.4, 0.5) is 0 Å². The van der Waals surface area contributed by atoms with Gasteiger partial charge in [-0.25, -0.2) is 0 Å². The Bertz CT molecular complexity index is 310. The van der Waals surface area contributed by atoms with Crippen LogP contribution in [0.1, 0.15) is 18.0 Å². The van der Waals surface area contributed by atoms with E-state index in [0.29, 0.717) is 13.0 Å². The third kappa shape index (κ3) is 3.70. The van der Waals surface area contributed by atoms with Gasteiger partial charge in [0.1, 0.15) is 0 Å². The van der Waals surface area contributed by atoms with Crippen LogP contribution in [0.3, 0.4) is 0 Å². The van der Waals surface area contributed by atoms with Gasteiger partial charge in [-0.3, -0.25) is 0 Å². The monoisotopic (exact) mass is 270 g/mol. The molecule has 0 aromatic heterocycles. The van der Waals surface area contributed by atoms with E-state index >= 15 is 0 Å². The zero-order valence-corrected chi connectivity index (χ0v) is 10.2. The minimum absolute atomic E-state index is 0. The van der Waals surface area contributed by atoms with Gasteiger partial charge in [0, 0.05) is 6.04 Å². The summed E-state index contributed by atoms with van der Waals surface area (Å²) in [6.07, 6.45) is 0.650. The fourth-order valence-corrected chi connectivity index (χ4v) is 1.65. The second-order valence-electron chi connectivity index (χ2n) is 3.02. The van der Waals surface area contributed by atoms with Crippen molar-refractivity contribution in [2.45, 2.75) is 12.5 Å². The van der Waals surface area contributed by atoms with Crippen LogP contribution in [0.2, 0.25) is 10.0 Å². The number of benzene rings is 1. The highest BCUT2D eigenvalue weighted by molar-refractivity contribution is 6.37. The van der Waals surface area contributed by atoms with Gasteiger partial charge < -0.3 is 16.6 Å². The van der Waals surface area contributed by atoms with Crippen molar-refractivity contribution >= 4 is 35.6 Å². The number of phenols is 1. The van der Waals surface area contributed by atoms with Crippen molar-refractivity contribution in [1.29, 1.82) is 0 Å². The van der Waals surface area contributed by atoms with E-state index in [2.05, 4.69) is 0 Å². The van der Waals surface area contributed by atoms with Crippen molar-refractivity contribution in [1.82, 2.24) is 0 Å². The molecule has 86 valence electrons. The van der Waals surface area contributed by atoms with Gasteiger partial charge in [-0.2, -0.15) is 0 Å². The smallest absolute Gasteiger partial charge is 0.152 e. The van der Waals surface area contributed by atoms with E-state index in [1.807, 2.05) is 0 Å². The summed E-state index contributed by atoms with van der Waals surface area (Å²) >= 11 is 11.5.